The Hall–Kier alpha value is -1.87. The highest BCUT2D eigenvalue weighted by atomic mass is 16.5. The maximum Gasteiger partial charge on any atom is 0.198 e. The van der Waals surface area contributed by atoms with E-state index < -0.39 is 5.60 Å². The molecule has 0 saturated heterocycles. The van der Waals surface area contributed by atoms with E-state index in [0.717, 1.165) is 0 Å². The lowest BCUT2D eigenvalue weighted by Gasteiger charge is -2.26. The Morgan fingerprint density at radius 1 is 1.39 bits per heavy atom. The van der Waals surface area contributed by atoms with Crippen LogP contribution in [0.15, 0.2) is 54.3 Å². The fourth-order valence-electron chi connectivity index (χ4n) is 1.98. The number of aliphatic hydroxyl groups is 1. The van der Waals surface area contributed by atoms with Crippen LogP contribution in [0.25, 0.3) is 0 Å². The molecule has 0 spiro atoms. The number of Topliss-reactive ketones (excluding diaryl/α,β-unsaturated/α-hetero) is 1. The summed E-state index contributed by atoms with van der Waals surface area (Å²) in [6, 6.07) is 8.80. The van der Waals surface area contributed by atoms with E-state index in [1.54, 1.807) is 36.4 Å². The highest BCUT2D eigenvalue weighted by molar-refractivity contribution is 6.04. The van der Waals surface area contributed by atoms with Crippen LogP contribution in [-0.4, -0.2) is 23.1 Å². The quantitative estimate of drug-likeness (QED) is 0.828. The van der Waals surface area contributed by atoms with Gasteiger partial charge in [0, 0.05) is 12.0 Å². The predicted molar refractivity (Wildman–Crippen MR) is 69.2 cm³/mol. The van der Waals surface area contributed by atoms with Crippen molar-refractivity contribution in [2.24, 2.45) is 0 Å². The number of carbonyl (C=O) groups is 1. The number of rotatable bonds is 4. The minimum atomic E-state index is -1.50. The van der Waals surface area contributed by atoms with Crippen molar-refractivity contribution >= 4 is 5.78 Å². The van der Waals surface area contributed by atoms with E-state index in [9.17, 15) is 9.90 Å². The number of ether oxygens (including phenoxy) is 1. The molecule has 1 aromatic rings. The van der Waals surface area contributed by atoms with Crippen molar-refractivity contribution in [3.63, 3.8) is 0 Å². The molecule has 1 unspecified atom stereocenters. The van der Waals surface area contributed by atoms with E-state index in [-0.39, 0.29) is 12.2 Å². The van der Waals surface area contributed by atoms with Gasteiger partial charge in [0.15, 0.2) is 11.4 Å². The third kappa shape index (κ3) is 2.51. The number of hydrogen-bond donors (Lipinski definition) is 1. The molecule has 0 aliphatic heterocycles. The second kappa shape index (κ2) is 5.19. The summed E-state index contributed by atoms with van der Waals surface area (Å²) in [7, 11) is 0. The summed E-state index contributed by atoms with van der Waals surface area (Å²) in [6.45, 7) is 2.40. The molecule has 0 radical (unpaired) electrons. The lowest BCUT2D eigenvalue weighted by atomic mass is 9.86. The van der Waals surface area contributed by atoms with Gasteiger partial charge in [-0.25, -0.2) is 0 Å². The van der Waals surface area contributed by atoms with E-state index in [4.69, 9.17) is 4.74 Å². The number of hydrogen-bond acceptors (Lipinski definition) is 3. The molecule has 1 aliphatic carbocycles. The first kappa shape index (κ1) is 12.6. The van der Waals surface area contributed by atoms with E-state index >= 15 is 0 Å². The summed E-state index contributed by atoms with van der Waals surface area (Å²) < 4.78 is 5.36. The third-order valence-corrected chi connectivity index (χ3v) is 2.86. The Bertz CT molecular complexity index is 488. The summed E-state index contributed by atoms with van der Waals surface area (Å²) >= 11 is 0. The molecule has 18 heavy (non-hydrogen) atoms. The molecule has 0 amide bonds. The van der Waals surface area contributed by atoms with E-state index in [1.165, 1.54) is 6.08 Å². The topological polar surface area (TPSA) is 46.5 Å². The highest BCUT2D eigenvalue weighted by Crippen LogP contribution is 2.27. The Kier molecular flexibility index (Phi) is 3.63. The molecule has 3 heteroatoms. The fourth-order valence-corrected chi connectivity index (χ4v) is 1.98. The standard InChI is InChI=1S/C15H16O3/c1-2-18-13-9-6-10-15(17,11-13)14(16)12-7-4-3-5-8-12/h3-10,17H,2,11H2,1H3. The van der Waals surface area contributed by atoms with Crippen LogP contribution in [0.3, 0.4) is 0 Å². The maximum absolute atomic E-state index is 12.3. The van der Waals surface area contributed by atoms with Crippen molar-refractivity contribution in [1.82, 2.24) is 0 Å². The molecular weight excluding hydrogens is 228 g/mol. The van der Waals surface area contributed by atoms with Gasteiger partial charge in [0.1, 0.15) is 0 Å². The molecule has 1 aromatic carbocycles. The summed E-state index contributed by atoms with van der Waals surface area (Å²) in [4.78, 5) is 12.3. The van der Waals surface area contributed by atoms with Crippen molar-refractivity contribution in [3.8, 4) is 0 Å². The Balaban J connectivity index is 2.21. The van der Waals surface area contributed by atoms with Gasteiger partial charge in [0.25, 0.3) is 0 Å². The average Bonchev–Trinajstić information content (AvgIpc) is 2.39. The van der Waals surface area contributed by atoms with Crippen LogP contribution >= 0.6 is 0 Å². The van der Waals surface area contributed by atoms with Gasteiger partial charge in [-0.1, -0.05) is 36.4 Å². The normalized spacial score (nSPS) is 22.4. The fraction of sp³-hybridized carbons (Fsp3) is 0.267. The van der Waals surface area contributed by atoms with Crippen LogP contribution in [-0.2, 0) is 4.74 Å². The average molecular weight is 244 g/mol. The number of carbonyl (C=O) groups excluding carboxylic acids is 1. The Labute approximate surface area is 106 Å². The first-order chi connectivity index (χ1) is 8.65. The van der Waals surface area contributed by atoms with E-state index in [1.807, 2.05) is 13.0 Å². The Morgan fingerprint density at radius 2 is 2.11 bits per heavy atom. The van der Waals surface area contributed by atoms with Crippen molar-refractivity contribution < 1.29 is 14.6 Å². The molecule has 0 saturated carbocycles. The number of allylic oxidation sites excluding steroid dienone is 2. The first-order valence-electron chi connectivity index (χ1n) is 5.99. The zero-order valence-corrected chi connectivity index (χ0v) is 10.3. The molecule has 94 valence electrons. The predicted octanol–water partition coefficient (Wildman–Crippen LogP) is 2.48. The minimum Gasteiger partial charge on any atom is -0.498 e. The number of benzene rings is 1. The van der Waals surface area contributed by atoms with Crippen molar-refractivity contribution in [2.75, 3.05) is 6.61 Å². The lowest BCUT2D eigenvalue weighted by Crippen LogP contribution is -2.38. The summed E-state index contributed by atoms with van der Waals surface area (Å²) in [5, 5.41) is 10.4. The zero-order valence-electron chi connectivity index (χ0n) is 10.3. The van der Waals surface area contributed by atoms with Crippen molar-refractivity contribution in [3.05, 3.63) is 59.9 Å². The monoisotopic (exact) mass is 244 g/mol. The second-order valence-corrected chi connectivity index (χ2v) is 4.22. The molecule has 3 nitrogen and oxygen atoms in total. The van der Waals surface area contributed by atoms with Gasteiger partial charge in [-0.05, 0) is 19.1 Å². The first-order valence-corrected chi connectivity index (χ1v) is 5.99. The SMILES string of the molecule is CCOC1=CC=CC(O)(C(=O)c2ccccc2)C1. The highest BCUT2D eigenvalue weighted by Gasteiger charge is 2.36. The minimum absolute atomic E-state index is 0.186. The summed E-state index contributed by atoms with van der Waals surface area (Å²) in [6.07, 6.45) is 5.14. The van der Waals surface area contributed by atoms with Gasteiger partial charge in [-0.15, -0.1) is 0 Å². The Morgan fingerprint density at radius 3 is 2.78 bits per heavy atom. The molecule has 1 atom stereocenters. The summed E-state index contributed by atoms with van der Waals surface area (Å²) in [5.74, 6) is 0.330. The number of ketones is 1. The molecule has 0 fully saturated rings. The van der Waals surface area contributed by atoms with Gasteiger partial charge >= 0.3 is 0 Å². The van der Waals surface area contributed by atoms with Crippen LogP contribution in [0.2, 0.25) is 0 Å². The largest absolute Gasteiger partial charge is 0.498 e. The maximum atomic E-state index is 12.3. The molecule has 0 aromatic heterocycles. The van der Waals surface area contributed by atoms with Crippen LogP contribution in [0.1, 0.15) is 23.7 Å². The van der Waals surface area contributed by atoms with Gasteiger partial charge in [0.05, 0.1) is 12.4 Å². The van der Waals surface area contributed by atoms with Crippen LogP contribution in [0.5, 0.6) is 0 Å². The third-order valence-electron chi connectivity index (χ3n) is 2.86. The van der Waals surface area contributed by atoms with Crippen molar-refractivity contribution in [2.45, 2.75) is 18.9 Å². The van der Waals surface area contributed by atoms with Crippen LogP contribution in [0.4, 0.5) is 0 Å². The van der Waals surface area contributed by atoms with Gasteiger partial charge in [0.2, 0.25) is 0 Å². The lowest BCUT2D eigenvalue weighted by molar-refractivity contribution is 0.0446. The van der Waals surface area contributed by atoms with E-state index in [0.29, 0.717) is 17.9 Å². The molecular formula is C15H16O3. The zero-order chi connectivity index (χ0) is 13.0. The molecule has 0 bridgehead atoms. The molecule has 1 aliphatic rings. The summed E-state index contributed by atoms with van der Waals surface area (Å²) in [5.41, 5.74) is -0.997. The van der Waals surface area contributed by atoms with Gasteiger partial charge in [-0.3, -0.25) is 4.79 Å². The molecule has 1 N–H and O–H groups in total. The van der Waals surface area contributed by atoms with Crippen LogP contribution < -0.4 is 0 Å². The smallest absolute Gasteiger partial charge is 0.198 e. The van der Waals surface area contributed by atoms with Crippen molar-refractivity contribution in [1.29, 1.82) is 0 Å². The van der Waals surface area contributed by atoms with Gasteiger partial charge in [-0.2, -0.15) is 0 Å². The molecule has 2 rings (SSSR count). The van der Waals surface area contributed by atoms with E-state index in [2.05, 4.69) is 0 Å². The molecule has 0 heterocycles. The van der Waals surface area contributed by atoms with Gasteiger partial charge < -0.3 is 9.84 Å². The second-order valence-electron chi connectivity index (χ2n) is 4.22. The van der Waals surface area contributed by atoms with Crippen LogP contribution in [0, 0.1) is 0 Å².